The van der Waals surface area contributed by atoms with Crippen molar-refractivity contribution in [1.29, 1.82) is 0 Å². The van der Waals surface area contributed by atoms with Gasteiger partial charge in [-0.3, -0.25) is 9.36 Å². The first kappa shape index (κ1) is 14.1. The van der Waals surface area contributed by atoms with Crippen LogP contribution in [0.2, 0.25) is 0 Å². The van der Waals surface area contributed by atoms with Crippen molar-refractivity contribution in [3.63, 3.8) is 0 Å². The number of methoxy groups -OCH3 is 1. The maximum Gasteiger partial charge on any atom is 0.261 e. The molecular weight excluding hydrogens is 276 g/mol. The minimum Gasteiger partial charge on any atom is -0.497 e. The lowest BCUT2D eigenvalue weighted by molar-refractivity contribution is 0.415. The second-order valence-corrected chi connectivity index (χ2v) is 4.89. The summed E-state index contributed by atoms with van der Waals surface area (Å²) in [5.41, 5.74) is 1.76. The van der Waals surface area contributed by atoms with E-state index >= 15 is 0 Å². The van der Waals surface area contributed by atoms with Crippen molar-refractivity contribution < 1.29 is 4.74 Å². The molecule has 0 N–H and O–H groups in total. The zero-order valence-corrected chi connectivity index (χ0v) is 12.3. The van der Waals surface area contributed by atoms with Crippen molar-refractivity contribution in [2.24, 2.45) is 0 Å². The molecule has 1 heterocycles. The van der Waals surface area contributed by atoms with Gasteiger partial charge in [0.15, 0.2) is 0 Å². The molecule has 0 radical (unpaired) electrons. The summed E-state index contributed by atoms with van der Waals surface area (Å²) in [6.07, 6.45) is 5.50. The van der Waals surface area contributed by atoms with Crippen molar-refractivity contribution in [2.75, 3.05) is 7.11 Å². The molecule has 22 heavy (non-hydrogen) atoms. The Morgan fingerprint density at radius 1 is 1.14 bits per heavy atom. The largest absolute Gasteiger partial charge is 0.497 e. The van der Waals surface area contributed by atoms with Gasteiger partial charge in [0.2, 0.25) is 0 Å². The van der Waals surface area contributed by atoms with Crippen molar-refractivity contribution in [3.05, 3.63) is 76.9 Å². The van der Waals surface area contributed by atoms with Gasteiger partial charge < -0.3 is 4.74 Å². The predicted molar refractivity (Wildman–Crippen MR) is 88.0 cm³/mol. The van der Waals surface area contributed by atoms with Crippen LogP contribution in [0.4, 0.5) is 0 Å². The summed E-state index contributed by atoms with van der Waals surface area (Å²) in [6.45, 7) is 0.489. The van der Waals surface area contributed by atoms with E-state index in [4.69, 9.17) is 4.74 Å². The number of ether oxygens (including phenoxy) is 1. The first-order valence-electron chi connectivity index (χ1n) is 7.03. The van der Waals surface area contributed by atoms with Crippen LogP contribution >= 0.6 is 0 Å². The first-order chi connectivity index (χ1) is 10.8. The molecule has 3 rings (SSSR count). The highest BCUT2D eigenvalue weighted by atomic mass is 16.5. The zero-order chi connectivity index (χ0) is 15.4. The summed E-state index contributed by atoms with van der Waals surface area (Å²) in [4.78, 5) is 16.6. The normalized spacial score (nSPS) is 11.1. The fourth-order valence-electron chi connectivity index (χ4n) is 2.25. The molecule has 0 bridgehead atoms. The Bertz CT molecular complexity index is 864. The Kier molecular flexibility index (Phi) is 4.01. The van der Waals surface area contributed by atoms with Gasteiger partial charge in [-0.2, -0.15) is 0 Å². The Morgan fingerprint density at radius 3 is 2.68 bits per heavy atom. The highest BCUT2D eigenvalue weighted by molar-refractivity contribution is 5.76. The quantitative estimate of drug-likeness (QED) is 0.742. The molecule has 110 valence electrons. The molecule has 0 atom stereocenters. The Morgan fingerprint density at radius 2 is 1.91 bits per heavy atom. The summed E-state index contributed by atoms with van der Waals surface area (Å²) in [6, 6.07) is 15.1. The average Bonchev–Trinajstić information content (AvgIpc) is 2.58. The van der Waals surface area contributed by atoms with Crippen LogP contribution < -0.4 is 10.3 Å². The third-order valence-electron chi connectivity index (χ3n) is 3.46. The lowest BCUT2D eigenvalue weighted by atomic mass is 10.2. The van der Waals surface area contributed by atoms with Crippen LogP contribution in [0.5, 0.6) is 5.75 Å². The van der Waals surface area contributed by atoms with E-state index in [9.17, 15) is 4.79 Å². The monoisotopic (exact) mass is 292 g/mol. The van der Waals surface area contributed by atoms with Gasteiger partial charge >= 0.3 is 0 Å². The Hall–Kier alpha value is -2.88. The Balaban J connectivity index is 1.79. The molecule has 4 nitrogen and oxygen atoms in total. The van der Waals surface area contributed by atoms with E-state index in [-0.39, 0.29) is 5.56 Å². The second-order valence-electron chi connectivity index (χ2n) is 4.89. The fraction of sp³-hybridized carbons (Fsp3) is 0.111. The molecule has 0 fully saturated rings. The molecule has 0 aliphatic rings. The van der Waals surface area contributed by atoms with Crippen LogP contribution in [-0.2, 0) is 6.54 Å². The van der Waals surface area contributed by atoms with Gasteiger partial charge in [0.1, 0.15) is 5.75 Å². The highest BCUT2D eigenvalue weighted by Gasteiger charge is 2.01. The highest BCUT2D eigenvalue weighted by Crippen LogP contribution is 2.12. The van der Waals surface area contributed by atoms with Crippen LogP contribution in [0.25, 0.3) is 17.0 Å². The van der Waals surface area contributed by atoms with E-state index < -0.39 is 0 Å². The van der Waals surface area contributed by atoms with Crippen molar-refractivity contribution in [2.45, 2.75) is 6.54 Å². The number of hydrogen-bond donors (Lipinski definition) is 0. The summed E-state index contributed by atoms with van der Waals surface area (Å²) in [5.74, 6) is 0.826. The van der Waals surface area contributed by atoms with Gasteiger partial charge in [0, 0.05) is 6.54 Å². The molecular formula is C18H16N2O2. The first-order valence-corrected chi connectivity index (χ1v) is 7.03. The number of benzene rings is 2. The second kappa shape index (κ2) is 6.26. The fourth-order valence-corrected chi connectivity index (χ4v) is 2.25. The van der Waals surface area contributed by atoms with E-state index in [0.29, 0.717) is 11.9 Å². The van der Waals surface area contributed by atoms with E-state index in [2.05, 4.69) is 4.98 Å². The maximum absolute atomic E-state index is 12.3. The molecule has 0 spiro atoms. The summed E-state index contributed by atoms with van der Waals surface area (Å²) >= 11 is 0. The van der Waals surface area contributed by atoms with Crippen LogP contribution in [0.3, 0.4) is 0 Å². The van der Waals surface area contributed by atoms with Crippen molar-refractivity contribution in [1.82, 2.24) is 9.55 Å². The minimum atomic E-state index is -0.0232. The van der Waals surface area contributed by atoms with Crippen LogP contribution in [-0.4, -0.2) is 16.7 Å². The summed E-state index contributed by atoms with van der Waals surface area (Å²) in [7, 11) is 1.64. The third kappa shape index (κ3) is 2.91. The smallest absolute Gasteiger partial charge is 0.261 e. The predicted octanol–water partition coefficient (Wildman–Crippen LogP) is 3.12. The number of rotatable bonds is 4. The number of allylic oxidation sites excluding steroid dienone is 1. The van der Waals surface area contributed by atoms with Crippen molar-refractivity contribution >= 4 is 17.0 Å². The van der Waals surface area contributed by atoms with E-state index in [1.165, 1.54) is 0 Å². The van der Waals surface area contributed by atoms with Gasteiger partial charge in [0.05, 0.1) is 24.3 Å². The molecule has 0 saturated heterocycles. The van der Waals surface area contributed by atoms with Crippen molar-refractivity contribution in [3.8, 4) is 5.75 Å². The SMILES string of the molecule is COc1ccc(/C=C/Cn2cnc3ccccc3c2=O)cc1. The van der Waals surface area contributed by atoms with Crippen LogP contribution in [0.15, 0.2) is 65.7 Å². The molecule has 0 aliphatic heterocycles. The van der Waals surface area contributed by atoms with Gasteiger partial charge in [-0.25, -0.2) is 4.98 Å². The van der Waals surface area contributed by atoms with Gasteiger partial charge in [0.25, 0.3) is 5.56 Å². The third-order valence-corrected chi connectivity index (χ3v) is 3.46. The van der Waals surface area contributed by atoms with Gasteiger partial charge in [-0.15, -0.1) is 0 Å². The standard InChI is InChI=1S/C18H16N2O2/c1-22-15-10-8-14(9-11-15)5-4-12-20-13-19-17-7-3-2-6-16(17)18(20)21/h2-11,13H,12H2,1H3/b5-4+. The molecule has 0 unspecified atom stereocenters. The van der Waals surface area contributed by atoms with E-state index in [1.807, 2.05) is 54.6 Å². The molecule has 1 aromatic heterocycles. The number of hydrogen-bond acceptors (Lipinski definition) is 3. The van der Waals surface area contributed by atoms with E-state index in [0.717, 1.165) is 16.8 Å². The number of aromatic nitrogens is 2. The summed E-state index contributed by atoms with van der Waals surface area (Å²) < 4.78 is 6.72. The molecule has 0 amide bonds. The van der Waals surface area contributed by atoms with Crippen LogP contribution in [0, 0.1) is 0 Å². The number of para-hydroxylation sites is 1. The molecule has 4 heteroatoms. The van der Waals surface area contributed by atoms with E-state index in [1.54, 1.807) is 24.1 Å². The lowest BCUT2D eigenvalue weighted by Gasteiger charge is -2.03. The minimum absolute atomic E-state index is 0.0232. The average molecular weight is 292 g/mol. The maximum atomic E-state index is 12.3. The number of fused-ring (bicyclic) bond motifs is 1. The number of nitrogens with zero attached hydrogens (tertiary/aromatic N) is 2. The zero-order valence-electron chi connectivity index (χ0n) is 12.3. The lowest BCUT2D eigenvalue weighted by Crippen LogP contribution is -2.19. The van der Waals surface area contributed by atoms with Crippen LogP contribution in [0.1, 0.15) is 5.56 Å². The Labute approximate surface area is 128 Å². The molecule has 0 saturated carbocycles. The molecule has 3 aromatic rings. The molecule has 0 aliphatic carbocycles. The topological polar surface area (TPSA) is 44.1 Å². The summed E-state index contributed by atoms with van der Waals surface area (Å²) in [5, 5.41) is 0.642. The van der Waals surface area contributed by atoms with Gasteiger partial charge in [-0.1, -0.05) is 36.4 Å². The molecule has 2 aromatic carbocycles. The van der Waals surface area contributed by atoms with Gasteiger partial charge in [-0.05, 0) is 29.8 Å².